The maximum atomic E-state index is 12.5. The van der Waals surface area contributed by atoms with Gasteiger partial charge in [0.15, 0.2) is 5.82 Å². The average molecular weight is 337 g/mol. The van der Waals surface area contributed by atoms with Crippen LogP contribution in [0.2, 0.25) is 0 Å². The maximum absolute atomic E-state index is 12.5. The molecule has 0 aliphatic rings. The van der Waals surface area contributed by atoms with Gasteiger partial charge in [-0.3, -0.25) is 9.40 Å². The third-order valence-electron chi connectivity index (χ3n) is 2.85. The maximum Gasteiger partial charge on any atom is 0.328 e. The van der Waals surface area contributed by atoms with Gasteiger partial charge in [-0.25, -0.2) is 13.2 Å². The molecular formula is C14H15N3O5S. The van der Waals surface area contributed by atoms with E-state index in [0.717, 1.165) is 6.08 Å². The zero-order valence-electron chi connectivity index (χ0n) is 12.4. The first-order chi connectivity index (χ1) is 10.8. The van der Waals surface area contributed by atoms with Gasteiger partial charge in [-0.15, -0.1) is 0 Å². The number of carbonyl (C=O) groups is 1. The van der Waals surface area contributed by atoms with Crippen molar-refractivity contribution in [2.24, 2.45) is 7.05 Å². The van der Waals surface area contributed by atoms with Crippen LogP contribution >= 0.6 is 0 Å². The molecule has 122 valence electrons. The Bertz CT molecular complexity index is 855. The van der Waals surface area contributed by atoms with Crippen molar-refractivity contribution in [1.29, 1.82) is 0 Å². The van der Waals surface area contributed by atoms with E-state index in [0.29, 0.717) is 5.56 Å². The Morgan fingerprint density at radius 2 is 2.13 bits per heavy atom. The van der Waals surface area contributed by atoms with Crippen LogP contribution in [0.15, 0.2) is 41.4 Å². The molecule has 0 bridgehead atoms. The number of sulfonamides is 1. The van der Waals surface area contributed by atoms with Crippen LogP contribution in [0.1, 0.15) is 5.56 Å². The third kappa shape index (κ3) is 4.10. The smallest absolute Gasteiger partial charge is 0.328 e. The summed E-state index contributed by atoms with van der Waals surface area (Å²) in [4.78, 5) is 10.5. The standard InChI is InChI=1S/C14H15N3O5S/c1-17-8-7-13(15-17)16-23(20,21)12-9-10(4-6-14(18)19)3-5-11(12)22-2/h3-9H,1-2H3,(H,15,16)(H,18,19). The first-order valence-corrected chi connectivity index (χ1v) is 7.91. The van der Waals surface area contributed by atoms with Gasteiger partial charge >= 0.3 is 5.97 Å². The number of aromatic nitrogens is 2. The van der Waals surface area contributed by atoms with Gasteiger partial charge in [0, 0.05) is 25.4 Å². The van der Waals surface area contributed by atoms with E-state index in [4.69, 9.17) is 9.84 Å². The Morgan fingerprint density at radius 3 is 2.70 bits per heavy atom. The largest absolute Gasteiger partial charge is 0.495 e. The fraction of sp³-hybridized carbons (Fsp3) is 0.143. The van der Waals surface area contributed by atoms with Gasteiger partial charge in [-0.1, -0.05) is 6.07 Å². The van der Waals surface area contributed by atoms with E-state index < -0.39 is 16.0 Å². The molecule has 0 aliphatic heterocycles. The first-order valence-electron chi connectivity index (χ1n) is 6.43. The molecule has 0 atom stereocenters. The van der Waals surface area contributed by atoms with E-state index in [1.807, 2.05) is 0 Å². The number of methoxy groups -OCH3 is 1. The van der Waals surface area contributed by atoms with Crippen molar-refractivity contribution in [2.45, 2.75) is 4.90 Å². The van der Waals surface area contributed by atoms with E-state index in [1.165, 1.54) is 36.1 Å². The molecular weight excluding hydrogens is 322 g/mol. The second-order valence-corrected chi connectivity index (χ2v) is 6.21. The lowest BCUT2D eigenvalue weighted by Crippen LogP contribution is -2.15. The summed E-state index contributed by atoms with van der Waals surface area (Å²) in [5.41, 5.74) is 0.412. The van der Waals surface area contributed by atoms with Crippen LogP contribution < -0.4 is 9.46 Å². The molecule has 0 saturated carbocycles. The molecule has 2 aromatic rings. The number of hydrogen-bond donors (Lipinski definition) is 2. The Hall–Kier alpha value is -2.81. The van der Waals surface area contributed by atoms with Crippen LogP contribution in [0.3, 0.4) is 0 Å². The van der Waals surface area contributed by atoms with Crippen molar-refractivity contribution in [3.05, 3.63) is 42.1 Å². The van der Waals surface area contributed by atoms with Crippen LogP contribution in [0.5, 0.6) is 5.75 Å². The van der Waals surface area contributed by atoms with Crippen molar-refractivity contribution in [3.63, 3.8) is 0 Å². The number of aliphatic carboxylic acids is 1. The molecule has 0 radical (unpaired) electrons. The quantitative estimate of drug-likeness (QED) is 0.769. The number of rotatable bonds is 6. The summed E-state index contributed by atoms with van der Waals surface area (Å²) >= 11 is 0. The summed E-state index contributed by atoms with van der Waals surface area (Å²) in [6.45, 7) is 0. The summed E-state index contributed by atoms with van der Waals surface area (Å²) in [6, 6.07) is 5.84. The number of ether oxygens (including phenoxy) is 1. The summed E-state index contributed by atoms with van der Waals surface area (Å²) in [5.74, 6) is -0.821. The molecule has 0 aliphatic carbocycles. The predicted molar refractivity (Wildman–Crippen MR) is 83.7 cm³/mol. The lowest BCUT2D eigenvalue weighted by molar-refractivity contribution is -0.131. The Labute approximate surface area is 133 Å². The summed E-state index contributed by atoms with van der Waals surface area (Å²) in [7, 11) is -0.924. The molecule has 0 amide bonds. The van der Waals surface area contributed by atoms with Crippen molar-refractivity contribution in [1.82, 2.24) is 9.78 Å². The number of anilines is 1. The molecule has 0 unspecified atom stereocenters. The van der Waals surface area contributed by atoms with Crippen LogP contribution in [0, 0.1) is 0 Å². The van der Waals surface area contributed by atoms with Gasteiger partial charge in [-0.2, -0.15) is 5.10 Å². The highest BCUT2D eigenvalue weighted by atomic mass is 32.2. The normalized spacial score (nSPS) is 11.6. The highest BCUT2D eigenvalue weighted by molar-refractivity contribution is 7.92. The minimum absolute atomic E-state index is 0.113. The van der Waals surface area contributed by atoms with E-state index in [-0.39, 0.29) is 16.5 Å². The fourth-order valence-corrected chi connectivity index (χ4v) is 3.04. The van der Waals surface area contributed by atoms with Gasteiger partial charge in [0.2, 0.25) is 0 Å². The molecule has 1 aromatic heterocycles. The monoisotopic (exact) mass is 337 g/mol. The minimum atomic E-state index is -3.94. The van der Waals surface area contributed by atoms with Crippen LogP contribution in [0.25, 0.3) is 6.08 Å². The third-order valence-corrected chi connectivity index (χ3v) is 4.22. The molecule has 1 aromatic carbocycles. The highest BCUT2D eigenvalue weighted by Gasteiger charge is 2.21. The molecule has 0 saturated heterocycles. The molecule has 2 N–H and O–H groups in total. The highest BCUT2D eigenvalue weighted by Crippen LogP contribution is 2.27. The lowest BCUT2D eigenvalue weighted by Gasteiger charge is -2.11. The SMILES string of the molecule is COc1ccc(C=CC(=O)O)cc1S(=O)(=O)Nc1ccn(C)n1. The first kappa shape index (κ1) is 16.6. The Morgan fingerprint density at radius 1 is 1.39 bits per heavy atom. The molecule has 9 heteroatoms. The van der Waals surface area contributed by atoms with Crippen molar-refractivity contribution >= 4 is 27.9 Å². The Kier molecular flexibility index (Phi) is 4.70. The minimum Gasteiger partial charge on any atom is -0.495 e. The second-order valence-electron chi connectivity index (χ2n) is 4.56. The van der Waals surface area contributed by atoms with Gasteiger partial charge in [0.25, 0.3) is 10.0 Å². The number of hydrogen-bond acceptors (Lipinski definition) is 5. The number of aryl methyl sites for hydroxylation is 1. The van der Waals surface area contributed by atoms with Gasteiger partial charge in [0.1, 0.15) is 10.6 Å². The second kappa shape index (κ2) is 6.53. The number of carboxylic acids is 1. The molecule has 2 rings (SSSR count). The van der Waals surface area contributed by atoms with Crippen LogP contribution in [0.4, 0.5) is 5.82 Å². The van der Waals surface area contributed by atoms with Crippen molar-refractivity contribution in [2.75, 3.05) is 11.8 Å². The summed E-state index contributed by atoms with van der Waals surface area (Å²) < 4.78 is 33.9. The summed E-state index contributed by atoms with van der Waals surface area (Å²) in [6.07, 6.45) is 3.81. The predicted octanol–water partition coefficient (Wildman–Crippen LogP) is 1.33. The van der Waals surface area contributed by atoms with Gasteiger partial charge in [0.05, 0.1) is 7.11 Å². The number of carboxylic acid groups (broad SMARTS) is 1. The van der Waals surface area contributed by atoms with Crippen molar-refractivity contribution in [3.8, 4) is 5.75 Å². The van der Waals surface area contributed by atoms with Gasteiger partial charge < -0.3 is 9.84 Å². The average Bonchev–Trinajstić information content (AvgIpc) is 2.89. The number of nitrogens with one attached hydrogen (secondary N) is 1. The Balaban J connectivity index is 2.42. The van der Waals surface area contributed by atoms with E-state index in [9.17, 15) is 13.2 Å². The molecule has 23 heavy (non-hydrogen) atoms. The zero-order chi connectivity index (χ0) is 17.0. The van der Waals surface area contributed by atoms with Gasteiger partial charge in [-0.05, 0) is 23.8 Å². The van der Waals surface area contributed by atoms with E-state index >= 15 is 0 Å². The topological polar surface area (TPSA) is 111 Å². The van der Waals surface area contributed by atoms with Crippen LogP contribution in [-0.2, 0) is 21.9 Å². The van der Waals surface area contributed by atoms with E-state index in [2.05, 4.69) is 9.82 Å². The molecule has 0 fully saturated rings. The lowest BCUT2D eigenvalue weighted by atomic mass is 10.2. The molecule has 1 heterocycles. The number of benzene rings is 1. The summed E-state index contributed by atoms with van der Waals surface area (Å²) in [5, 5.41) is 12.6. The number of nitrogens with zero attached hydrogens (tertiary/aromatic N) is 2. The fourth-order valence-electron chi connectivity index (χ4n) is 1.84. The van der Waals surface area contributed by atoms with Crippen LogP contribution in [-0.4, -0.2) is 36.4 Å². The van der Waals surface area contributed by atoms with Crippen molar-refractivity contribution < 1.29 is 23.1 Å². The molecule has 0 spiro atoms. The molecule has 8 nitrogen and oxygen atoms in total. The van der Waals surface area contributed by atoms with E-state index in [1.54, 1.807) is 19.3 Å². The zero-order valence-corrected chi connectivity index (χ0v) is 13.2.